The Bertz CT molecular complexity index is 1040. The van der Waals surface area contributed by atoms with Gasteiger partial charge in [0.05, 0.1) is 6.21 Å². The molecule has 25 heavy (non-hydrogen) atoms. The molecule has 0 saturated carbocycles. The molecule has 2 aromatic heterocycles. The molecule has 1 amide bonds. The molecule has 126 valence electrons. The van der Waals surface area contributed by atoms with Crippen molar-refractivity contribution in [3.8, 4) is 5.88 Å². The number of aromatic hydroxyl groups is 1. The maximum atomic E-state index is 12.4. The highest BCUT2D eigenvalue weighted by Crippen LogP contribution is 2.11. The number of amides is 1. The van der Waals surface area contributed by atoms with Gasteiger partial charge in [0, 0.05) is 16.2 Å². The Balaban J connectivity index is 1.86. The lowest BCUT2D eigenvalue weighted by molar-refractivity contribution is 0.0955. The van der Waals surface area contributed by atoms with Gasteiger partial charge in [0.25, 0.3) is 11.5 Å². The van der Waals surface area contributed by atoms with E-state index in [0.717, 1.165) is 16.3 Å². The van der Waals surface area contributed by atoms with Gasteiger partial charge in [0.1, 0.15) is 11.2 Å². The van der Waals surface area contributed by atoms with Crippen LogP contribution in [0.1, 0.15) is 21.5 Å². The number of aromatic nitrogens is 2. The van der Waals surface area contributed by atoms with E-state index < -0.39 is 17.3 Å². The number of hydrazone groups is 1. The number of pyridine rings is 1. The first-order chi connectivity index (χ1) is 12.0. The lowest BCUT2D eigenvalue weighted by Crippen LogP contribution is -2.22. The molecule has 0 saturated heterocycles. The van der Waals surface area contributed by atoms with Crippen LogP contribution in [0.2, 0.25) is 0 Å². The number of rotatable bonds is 3. The van der Waals surface area contributed by atoms with E-state index in [1.54, 1.807) is 42.6 Å². The second-order valence-electron chi connectivity index (χ2n) is 5.29. The van der Waals surface area contributed by atoms with Crippen LogP contribution in [0.5, 0.6) is 5.88 Å². The molecular weight excluding hydrogens is 388 g/mol. The fourth-order valence-electron chi connectivity index (χ4n) is 2.18. The van der Waals surface area contributed by atoms with Gasteiger partial charge in [-0.2, -0.15) is 10.1 Å². The van der Waals surface area contributed by atoms with Gasteiger partial charge in [0.2, 0.25) is 5.88 Å². The number of carbonyl (C=O) groups is 1. The van der Waals surface area contributed by atoms with Gasteiger partial charge in [0.15, 0.2) is 0 Å². The summed E-state index contributed by atoms with van der Waals surface area (Å²) in [7, 11) is 0. The molecule has 3 aromatic rings. The number of nitrogens with one attached hydrogen (secondary N) is 1. The van der Waals surface area contributed by atoms with E-state index in [9.17, 15) is 14.7 Å². The zero-order valence-corrected chi connectivity index (χ0v) is 14.7. The molecule has 7 nitrogen and oxygen atoms in total. The molecule has 0 fully saturated rings. The Labute approximate surface area is 150 Å². The van der Waals surface area contributed by atoms with Crippen LogP contribution in [0.25, 0.3) is 5.65 Å². The summed E-state index contributed by atoms with van der Waals surface area (Å²) >= 11 is 3.28. The molecule has 0 aliphatic carbocycles. The second kappa shape index (κ2) is 6.86. The topological polar surface area (TPSA) is 96.1 Å². The van der Waals surface area contributed by atoms with E-state index in [2.05, 4.69) is 31.4 Å². The maximum absolute atomic E-state index is 12.4. The summed E-state index contributed by atoms with van der Waals surface area (Å²) in [4.78, 5) is 28.3. The van der Waals surface area contributed by atoms with Crippen LogP contribution >= 0.6 is 15.9 Å². The van der Waals surface area contributed by atoms with Crippen molar-refractivity contribution < 1.29 is 9.90 Å². The van der Waals surface area contributed by atoms with E-state index in [-0.39, 0.29) is 5.56 Å². The molecule has 3 rings (SSSR count). The standard InChI is InChI=1S/C17H13BrN4O3/c1-10-6-7-22-14(8-10)20-16(24)13(17(22)25)9-19-21-15(23)11-2-4-12(18)5-3-11/h2-9,24H,1H3,(H,21,23)/b19-9+. The highest BCUT2D eigenvalue weighted by atomic mass is 79.9. The van der Waals surface area contributed by atoms with Crippen LogP contribution < -0.4 is 11.0 Å². The van der Waals surface area contributed by atoms with Crippen LogP contribution in [0.3, 0.4) is 0 Å². The molecule has 0 bridgehead atoms. The van der Waals surface area contributed by atoms with Gasteiger partial charge < -0.3 is 5.11 Å². The minimum atomic E-state index is -0.482. The van der Waals surface area contributed by atoms with Gasteiger partial charge in [-0.3, -0.25) is 14.0 Å². The van der Waals surface area contributed by atoms with Crippen molar-refractivity contribution >= 4 is 33.7 Å². The fraction of sp³-hybridized carbons (Fsp3) is 0.0588. The number of hydrogen-bond donors (Lipinski definition) is 2. The summed E-state index contributed by atoms with van der Waals surface area (Å²) in [5.74, 6) is -0.884. The zero-order valence-electron chi connectivity index (χ0n) is 13.1. The molecule has 0 atom stereocenters. The zero-order chi connectivity index (χ0) is 18.0. The van der Waals surface area contributed by atoms with E-state index in [1.165, 1.54) is 4.40 Å². The van der Waals surface area contributed by atoms with Gasteiger partial charge in [-0.15, -0.1) is 0 Å². The number of halogens is 1. The molecule has 0 aliphatic heterocycles. The monoisotopic (exact) mass is 400 g/mol. The number of carbonyl (C=O) groups excluding carboxylic acids is 1. The minimum absolute atomic E-state index is 0.113. The van der Waals surface area contributed by atoms with Crippen molar-refractivity contribution in [2.45, 2.75) is 6.92 Å². The van der Waals surface area contributed by atoms with Crippen molar-refractivity contribution in [3.05, 3.63) is 74.1 Å². The Morgan fingerprint density at radius 1 is 1.32 bits per heavy atom. The average molecular weight is 401 g/mol. The van der Waals surface area contributed by atoms with Crippen molar-refractivity contribution in [1.29, 1.82) is 0 Å². The molecule has 0 aliphatic rings. The van der Waals surface area contributed by atoms with E-state index in [1.807, 2.05) is 6.92 Å². The Kier molecular flexibility index (Phi) is 4.62. The van der Waals surface area contributed by atoms with E-state index in [0.29, 0.717) is 11.2 Å². The average Bonchev–Trinajstić information content (AvgIpc) is 2.58. The van der Waals surface area contributed by atoms with Crippen molar-refractivity contribution in [1.82, 2.24) is 14.8 Å². The van der Waals surface area contributed by atoms with Crippen LogP contribution in [-0.2, 0) is 0 Å². The number of benzene rings is 1. The first-order valence-electron chi connectivity index (χ1n) is 7.26. The van der Waals surface area contributed by atoms with Crippen LogP contribution in [0.15, 0.2) is 57.0 Å². The molecule has 0 unspecified atom stereocenters. The lowest BCUT2D eigenvalue weighted by Gasteiger charge is -2.04. The quantitative estimate of drug-likeness (QED) is 0.520. The third-order valence-electron chi connectivity index (χ3n) is 3.47. The molecule has 8 heteroatoms. The Hall–Kier alpha value is -3.00. The molecule has 2 N–H and O–H groups in total. The third kappa shape index (κ3) is 3.58. The Morgan fingerprint density at radius 3 is 2.76 bits per heavy atom. The summed E-state index contributed by atoms with van der Waals surface area (Å²) in [6.45, 7) is 1.86. The number of hydrogen-bond acceptors (Lipinski definition) is 5. The van der Waals surface area contributed by atoms with Crippen LogP contribution in [0.4, 0.5) is 0 Å². The number of nitrogens with zero attached hydrogens (tertiary/aromatic N) is 3. The first-order valence-corrected chi connectivity index (χ1v) is 8.06. The summed E-state index contributed by atoms with van der Waals surface area (Å²) in [6, 6.07) is 10.1. The van der Waals surface area contributed by atoms with Gasteiger partial charge >= 0.3 is 0 Å². The molecule has 1 aromatic carbocycles. The molecule has 2 heterocycles. The van der Waals surface area contributed by atoms with Gasteiger partial charge in [-0.25, -0.2) is 5.43 Å². The molecular formula is C17H13BrN4O3. The van der Waals surface area contributed by atoms with Crippen molar-refractivity contribution in [2.75, 3.05) is 0 Å². The lowest BCUT2D eigenvalue weighted by atomic mass is 10.2. The highest BCUT2D eigenvalue weighted by Gasteiger charge is 2.10. The predicted octanol–water partition coefficient (Wildman–Crippen LogP) is 2.23. The second-order valence-corrected chi connectivity index (χ2v) is 6.21. The summed E-state index contributed by atoms with van der Waals surface area (Å²) in [6.07, 6.45) is 2.64. The number of aryl methyl sites for hydroxylation is 1. The van der Waals surface area contributed by atoms with Crippen molar-refractivity contribution in [2.24, 2.45) is 5.10 Å². The largest absolute Gasteiger partial charge is 0.493 e. The maximum Gasteiger partial charge on any atom is 0.271 e. The summed E-state index contributed by atoms with van der Waals surface area (Å²) in [5.41, 5.74) is 3.37. The SMILES string of the molecule is Cc1ccn2c(=O)c(/C=N/NC(=O)c3ccc(Br)cc3)c(O)nc2c1. The summed E-state index contributed by atoms with van der Waals surface area (Å²) in [5, 5.41) is 13.7. The first kappa shape index (κ1) is 16.8. The molecule has 0 spiro atoms. The number of fused-ring (bicyclic) bond motifs is 1. The third-order valence-corrected chi connectivity index (χ3v) is 4.00. The minimum Gasteiger partial charge on any atom is -0.493 e. The van der Waals surface area contributed by atoms with Gasteiger partial charge in [-0.1, -0.05) is 15.9 Å². The van der Waals surface area contributed by atoms with Crippen molar-refractivity contribution in [3.63, 3.8) is 0 Å². The Morgan fingerprint density at radius 2 is 2.04 bits per heavy atom. The van der Waals surface area contributed by atoms with E-state index in [4.69, 9.17) is 0 Å². The fourth-order valence-corrected chi connectivity index (χ4v) is 2.44. The normalized spacial score (nSPS) is 11.1. The smallest absolute Gasteiger partial charge is 0.271 e. The van der Waals surface area contributed by atoms with E-state index >= 15 is 0 Å². The highest BCUT2D eigenvalue weighted by molar-refractivity contribution is 9.10. The van der Waals surface area contributed by atoms with Gasteiger partial charge in [-0.05, 0) is 48.9 Å². The predicted molar refractivity (Wildman–Crippen MR) is 97.1 cm³/mol. The van der Waals surface area contributed by atoms with Crippen LogP contribution in [-0.4, -0.2) is 26.6 Å². The molecule has 0 radical (unpaired) electrons. The van der Waals surface area contributed by atoms with Crippen LogP contribution in [0, 0.1) is 6.92 Å². The summed E-state index contributed by atoms with van der Waals surface area (Å²) < 4.78 is 2.15.